The van der Waals surface area contributed by atoms with Gasteiger partial charge in [0.25, 0.3) is 0 Å². The van der Waals surface area contributed by atoms with E-state index in [1.165, 1.54) is 18.2 Å². The highest BCUT2D eigenvalue weighted by Gasteiger charge is 2.23. The monoisotopic (exact) mass is 264 g/mol. The van der Waals surface area contributed by atoms with Crippen molar-refractivity contribution in [3.63, 3.8) is 0 Å². The van der Waals surface area contributed by atoms with Crippen molar-refractivity contribution in [2.45, 2.75) is 25.7 Å². The second kappa shape index (κ2) is 6.31. The van der Waals surface area contributed by atoms with E-state index in [9.17, 15) is 14.0 Å². The molecule has 2 amide bonds. The summed E-state index contributed by atoms with van der Waals surface area (Å²) >= 11 is 0. The first-order valence-electron chi connectivity index (χ1n) is 6.53. The van der Waals surface area contributed by atoms with Crippen molar-refractivity contribution >= 4 is 17.5 Å². The van der Waals surface area contributed by atoms with Gasteiger partial charge in [-0.3, -0.25) is 9.59 Å². The van der Waals surface area contributed by atoms with E-state index < -0.39 is 17.6 Å². The molecule has 5 heteroatoms. The fraction of sp³-hybridized carbons (Fsp3) is 0.429. The summed E-state index contributed by atoms with van der Waals surface area (Å²) < 4.78 is 13.4. The Balaban J connectivity index is 1.99. The van der Waals surface area contributed by atoms with Crippen LogP contribution < -0.4 is 5.32 Å². The second-order valence-electron chi connectivity index (χ2n) is 4.64. The van der Waals surface area contributed by atoms with E-state index in [-0.39, 0.29) is 5.69 Å². The van der Waals surface area contributed by atoms with Crippen LogP contribution >= 0.6 is 0 Å². The lowest BCUT2D eigenvalue weighted by molar-refractivity contribution is -0.143. The molecule has 0 radical (unpaired) electrons. The lowest BCUT2D eigenvalue weighted by Crippen LogP contribution is -2.40. The van der Waals surface area contributed by atoms with Crippen molar-refractivity contribution in [3.8, 4) is 0 Å². The molecule has 0 saturated carbocycles. The molecular weight excluding hydrogens is 247 g/mol. The van der Waals surface area contributed by atoms with Crippen molar-refractivity contribution in [2.75, 3.05) is 18.4 Å². The number of nitrogens with zero attached hydrogens (tertiary/aromatic N) is 1. The summed E-state index contributed by atoms with van der Waals surface area (Å²) in [6, 6.07) is 5.81. The summed E-state index contributed by atoms with van der Waals surface area (Å²) in [5.41, 5.74) is 0.0377. The van der Waals surface area contributed by atoms with E-state index in [0.717, 1.165) is 25.7 Å². The lowest BCUT2D eigenvalue weighted by atomic mass is 10.2. The van der Waals surface area contributed by atoms with E-state index in [1.807, 2.05) is 0 Å². The summed E-state index contributed by atoms with van der Waals surface area (Å²) in [5.74, 6) is -1.89. The average Bonchev–Trinajstić information content (AvgIpc) is 2.69. The van der Waals surface area contributed by atoms with Gasteiger partial charge < -0.3 is 10.2 Å². The van der Waals surface area contributed by atoms with Crippen LogP contribution in [0.4, 0.5) is 10.1 Å². The van der Waals surface area contributed by atoms with Gasteiger partial charge in [-0.25, -0.2) is 4.39 Å². The zero-order valence-electron chi connectivity index (χ0n) is 10.7. The van der Waals surface area contributed by atoms with Crippen LogP contribution in [0.15, 0.2) is 24.3 Å². The minimum atomic E-state index is -0.771. The highest BCUT2D eigenvalue weighted by molar-refractivity contribution is 6.39. The quantitative estimate of drug-likeness (QED) is 0.790. The Morgan fingerprint density at radius 1 is 1.05 bits per heavy atom. The van der Waals surface area contributed by atoms with Gasteiger partial charge >= 0.3 is 11.8 Å². The zero-order valence-corrected chi connectivity index (χ0v) is 10.7. The van der Waals surface area contributed by atoms with E-state index in [1.54, 1.807) is 11.0 Å². The maximum absolute atomic E-state index is 13.4. The number of carbonyl (C=O) groups excluding carboxylic acids is 2. The molecule has 0 bridgehead atoms. The average molecular weight is 264 g/mol. The lowest BCUT2D eigenvalue weighted by Gasteiger charge is -2.19. The number of anilines is 1. The first-order chi connectivity index (χ1) is 9.18. The minimum Gasteiger partial charge on any atom is -0.334 e. The van der Waals surface area contributed by atoms with E-state index >= 15 is 0 Å². The van der Waals surface area contributed by atoms with Crippen molar-refractivity contribution < 1.29 is 14.0 Å². The molecule has 19 heavy (non-hydrogen) atoms. The standard InChI is InChI=1S/C14H17FN2O2/c15-11-7-3-4-8-12(11)16-13(18)14(19)17-9-5-1-2-6-10-17/h3-4,7-8H,1-2,5-6,9-10H2,(H,16,18). The molecule has 0 unspecified atom stereocenters. The third-order valence-electron chi connectivity index (χ3n) is 3.21. The normalized spacial score (nSPS) is 15.7. The molecular formula is C14H17FN2O2. The van der Waals surface area contributed by atoms with Crippen molar-refractivity contribution in [3.05, 3.63) is 30.1 Å². The Hall–Kier alpha value is -1.91. The molecule has 1 aliphatic rings. The molecule has 1 N–H and O–H groups in total. The van der Waals surface area contributed by atoms with Crippen LogP contribution in [0.5, 0.6) is 0 Å². The van der Waals surface area contributed by atoms with Gasteiger partial charge in [0, 0.05) is 13.1 Å². The van der Waals surface area contributed by atoms with E-state index in [0.29, 0.717) is 13.1 Å². The van der Waals surface area contributed by atoms with Crippen LogP contribution in [-0.4, -0.2) is 29.8 Å². The van der Waals surface area contributed by atoms with Crippen molar-refractivity contribution in [1.29, 1.82) is 0 Å². The molecule has 1 heterocycles. The first kappa shape index (κ1) is 13.5. The summed E-state index contributed by atoms with van der Waals surface area (Å²) in [6.45, 7) is 1.20. The summed E-state index contributed by atoms with van der Waals surface area (Å²) in [5, 5.41) is 2.32. The summed E-state index contributed by atoms with van der Waals surface area (Å²) in [7, 11) is 0. The third kappa shape index (κ3) is 3.53. The zero-order chi connectivity index (χ0) is 13.7. The Morgan fingerprint density at radius 2 is 1.68 bits per heavy atom. The highest BCUT2D eigenvalue weighted by atomic mass is 19.1. The number of benzene rings is 1. The fourth-order valence-corrected chi connectivity index (χ4v) is 2.16. The molecule has 102 valence electrons. The molecule has 4 nitrogen and oxygen atoms in total. The fourth-order valence-electron chi connectivity index (χ4n) is 2.16. The van der Waals surface area contributed by atoms with Crippen LogP contribution in [0.1, 0.15) is 25.7 Å². The maximum Gasteiger partial charge on any atom is 0.313 e. The van der Waals surface area contributed by atoms with Gasteiger partial charge in [0.2, 0.25) is 0 Å². The number of likely N-dealkylation sites (tertiary alicyclic amines) is 1. The van der Waals surface area contributed by atoms with Crippen molar-refractivity contribution in [2.24, 2.45) is 0 Å². The van der Waals surface area contributed by atoms with Gasteiger partial charge in [0.15, 0.2) is 0 Å². The van der Waals surface area contributed by atoms with Crippen molar-refractivity contribution in [1.82, 2.24) is 4.90 Å². The SMILES string of the molecule is O=C(Nc1ccccc1F)C(=O)N1CCCCCC1. The first-order valence-corrected chi connectivity index (χ1v) is 6.53. The molecule has 0 aliphatic carbocycles. The number of hydrogen-bond acceptors (Lipinski definition) is 2. The van der Waals surface area contributed by atoms with Gasteiger partial charge in [-0.1, -0.05) is 25.0 Å². The predicted octanol–water partition coefficient (Wildman–Crippen LogP) is 2.17. The Bertz CT molecular complexity index is 468. The van der Waals surface area contributed by atoms with E-state index in [2.05, 4.69) is 5.32 Å². The molecule has 1 fully saturated rings. The van der Waals surface area contributed by atoms with Gasteiger partial charge in [-0.05, 0) is 25.0 Å². The van der Waals surface area contributed by atoms with Crippen LogP contribution in [0.25, 0.3) is 0 Å². The van der Waals surface area contributed by atoms with Gasteiger partial charge in [0.05, 0.1) is 5.69 Å². The largest absolute Gasteiger partial charge is 0.334 e. The molecule has 1 saturated heterocycles. The van der Waals surface area contributed by atoms with Crippen LogP contribution in [-0.2, 0) is 9.59 Å². The number of halogens is 1. The molecule has 1 aliphatic heterocycles. The van der Waals surface area contributed by atoms with Crippen LogP contribution in [0.2, 0.25) is 0 Å². The van der Waals surface area contributed by atoms with E-state index in [4.69, 9.17) is 0 Å². The Labute approximate surface area is 111 Å². The molecule has 0 atom stereocenters. The Kier molecular flexibility index (Phi) is 4.49. The third-order valence-corrected chi connectivity index (χ3v) is 3.21. The van der Waals surface area contributed by atoms with Gasteiger partial charge in [-0.2, -0.15) is 0 Å². The predicted molar refractivity (Wildman–Crippen MR) is 70.1 cm³/mol. The Morgan fingerprint density at radius 3 is 2.32 bits per heavy atom. The molecule has 1 aromatic rings. The number of amides is 2. The number of hydrogen-bond donors (Lipinski definition) is 1. The highest BCUT2D eigenvalue weighted by Crippen LogP contribution is 2.14. The van der Waals surface area contributed by atoms with Gasteiger partial charge in [-0.15, -0.1) is 0 Å². The molecule has 0 spiro atoms. The molecule has 0 aromatic heterocycles. The second-order valence-corrected chi connectivity index (χ2v) is 4.64. The molecule has 1 aromatic carbocycles. The number of nitrogens with one attached hydrogen (secondary N) is 1. The number of carbonyl (C=O) groups is 2. The smallest absolute Gasteiger partial charge is 0.313 e. The van der Waals surface area contributed by atoms with Crippen LogP contribution in [0.3, 0.4) is 0 Å². The molecule has 2 rings (SSSR count). The topological polar surface area (TPSA) is 49.4 Å². The van der Waals surface area contributed by atoms with Crippen LogP contribution in [0, 0.1) is 5.82 Å². The number of para-hydroxylation sites is 1. The number of rotatable bonds is 1. The summed E-state index contributed by atoms with van der Waals surface area (Å²) in [6.07, 6.45) is 3.99. The maximum atomic E-state index is 13.4. The van der Waals surface area contributed by atoms with Gasteiger partial charge in [0.1, 0.15) is 5.82 Å². The minimum absolute atomic E-state index is 0.0377. The summed E-state index contributed by atoms with van der Waals surface area (Å²) in [4.78, 5) is 25.3.